The van der Waals surface area contributed by atoms with Crippen molar-refractivity contribution < 1.29 is 14.3 Å². The lowest BCUT2D eigenvalue weighted by Gasteiger charge is -2.15. The highest BCUT2D eigenvalue weighted by Gasteiger charge is 2.27. The number of nitrogens with zero attached hydrogens (tertiary/aromatic N) is 1. The molecule has 0 spiro atoms. The molecule has 1 amide bonds. The van der Waals surface area contributed by atoms with E-state index in [0.717, 1.165) is 34.1 Å². The molecule has 4 rings (SSSR count). The van der Waals surface area contributed by atoms with Gasteiger partial charge in [0, 0.05) is 12.1 Å². The molecule has 0 N–H and O–H groups in total. The van der Waals surface area contributed by atoms with Gasteiger partial charge in [0.2, 0.25) is 0 Å². The van der Waals surface area contributed by atoms with Crippen LogP contribution in [0.2, 0.25) is 0 Å². The van der Waals surface area contributed by atoms with E-state index in [0.29, 0.717) is 18.7 Å². The number of hydrogen-bond donors (Lipinski definition) is 0. The van der Waals surface area contributed by atoms with E-state index >= 15 is 0 Å². The zero-order valence-electron chi connectivity index (χ0n) is 14.8. The summed E-state index contributed by atoms with van der Waals surface area (Å²) in [6.45, 7) is 1.18. The zero-order chi connectivity index (χ0) is 18.6. The number of carbonyl (C=O) groups is 2. The highest BCUT2D eigenvalue weighted by molar-refractivity contribution is 5.82. The summed E-state index contributed by atoms with van der Waals surface area (Å²) in [6.07, 6.45) is 0.505. The Morgan fingerprint density at radius 2 is 1.67 bits per heavy atom. The van der Waals surface area contributed by atoms with Crippen molar-refractivity contribution in [3.63, 3.8) is 0 Å². The number of carbonyl (C=O) groups excluding carboxylic acids is 2. The van der Waals surface area contributed by atoms with Gasteiger partial charge in [0.05, 0.1) is 6.54 Å². The molecule has 0 fully saturated rings. The fourth-order valence-electron chi connectivity index (χ4n) is 3.42. The van der Waals surface area contributed by atoms with Gasteiger partial charge in [0.1, 0.15) is 12.9 Å². The minimum absolute atomic E-state index is 0.248. The molecule has 0 aromatic heterocycles. The predicted octanol–water partition coefficient (Wildman–Crippen LogP) is 4.82. The molecule has 3 aromatic carbocycles. The Bertz CT molecular complexity index is 968. The Labute approximate surface area is 158 Å². The Balaban J connectivity index is 1.55. The summed E-state index contributed by atoms with van der Waals surface area (Å²) in [4.78, 5) is 25.6. The number of benzene rings is 3. The molecule has 0 aliphatic carbocycles. The molecule has 0 saturated heterocycles. The summed E-state index contributed by atoms with van der Waals surface area (Å²) in [7, 11) is 0. The predicted molar refractivity (Wildman–Crippen MR) is 103 cm³/mol. The maximum Gasteiger partial charge on any atom is 0.410 e. The van der Waals surface area contributed by atoms with Crippen LogP contribution in [0.25, 0.3) is 11.1 Å². The molecule has 1 heterocycles. The molecule has 0 saturated carbocycles. The quantitative estimate of drug-likeness (QED) is 0.629. The van der Waals surface area contributed by atoms with E-state index in [4.69, 9.17) is 4.74 Å². The molecule has 4 nitrogen and oxygen atoms in total. The second-order valence-electron chi connectivity index (χ2n) is 6.59. The number of rotatable bonds is 4. The Kier molecular flexibility index (Phi) is 4.71. The number of hydrogen-bond acceptors (Lipinski definition) is 3. The van der Waals surface area contributed by atoms with Crippen molar-refractivity contribution in [3.05, 3.63) is 95.1 Å². The van der Waals surface area contributed by atoms with E-state index in [1.165, 1.54) is 0 Å². The van der Waals surface area contributed by atoms with Gasteiger partial charge in [0.25, 0.3) is 0 Å². The zero-order valence-corrected chi connectivity index (χ0v) is 14.8. The number of aldehydes is 1. The standard InChI is InChI=1S/C23H19NO3/c25-15-18-11-20-13-24(23(26)27-16-17-7-3-1-4-8-17)14-22(20)21(12-18)19-9-5-2-6-10-19/h1-12,15H,13-14,16H2. The molecule has 0 atom stereocenters. The van der Waals surface area contributed by atoms with E-state index in [1.54, 1.807) is 4.90 Å². The maximum atomic E-state index is 12.5. The van der Waals surface area contributed by atoms with Crippen LogP contribution in [-0.4, -0.2) is 17.3 Å². The van der Waals surface area contributed by atoms with Crippen LogP contribution in [0.5, 0.6) is 0 Å². The maximum absolute atomic E-state index is 12.5. The molecule has 134 valence electrons. The van der Waals surface area contributed by atoms with Crippen LogP contribution >= 0.6 is 0 Å². The average Bonchev–Trinajstić information content (AvgIpc) is 3.17. The third kappa shape index (κ3) is 3.60. The molecule has 1 aliphatic rings. The molecule has 0 bridgehead atoms. The van der Waals surface area contributed by atoms with E-state index in [1.807, 2.05) is 72.8 Å². The first-order valence-corrected chi connectivity index (χ1v) is 8.86. The van der Waals surface area contributed by atoms with Crippen molar-refractivity contribution in [2.45, 2.75) is 19.7 Å². The van der Waals surface area contributed by atoms with Gasteiger partial charge >= 0.3 is 6.09 Å². The van der Waals surface area contributed by atoms with Gasteiger partial charge in [-0.2, -0.15) is 0 Å². The summed E-state index contributed by atoms with van der Waals surface area (Å²) >= 11 is 0. The summed E-state index contributed by atoms with van der Waals surface area (Å²) < 4.78 is 5.46. The molecule has 4 heteroatoms. The van der Waals surface area contributed by atoms with Crippen LogP contribution in [0.1, 0.15) is 27.0 Å². The minimum Gasteiger partial charge on any atom is -0.445 e. The Hall–Kier alpha value is -3.40. The fourth-order valence-corrected chi connectivity index (χ4v) is 3.42. The molecule has 0 radical (unpaired) electrons. The molecule has 1 aliphatic heterocycles. The van der Waals surface area contributed by atoms with E-state index in [-0.39, 0.29) is 12.7 Å². The molecular formula is C23H19NO3. The summed E-state index contributed by atoms with van der Waals surface area (Å²) in [5.74, 6) is 0. The molecule has 3 aromatic rings. The summed E-state index contributed by atoms with van der Waals surface area (Å²) in [5.41, 5.74) is 5.67. The van der Waals surface area contributed by atoms with Crippen LogP contribution in [0, 0.1) is 0 Å². The monoisotopic (exact) mass is 357 g/mol. The van der Waals surface area contributed by atoms with Gasteiger partial charge in [-0.3, -0.25) is 9.69 Å². The van der Waals surface area contributed by atoms with Crippen LogP contribution < -0.4 is 0 Å². The first-order chi connectivity index (χ1) is 13.2. The molecule has 0 unspecified atom stereocenters. The third-order valence-corrected chi connectivity index (χ3v) is 4.76. The second kappa shape index (κ2) is 7.46. The van der Waals surface area contributed by atoms with Gasteiger partial charge in [-0.05, 0) is 39.9 Å². The number of ether oxygens (including phenoxy) is 1. The van der Waals surface area contributed by atoms with Crippen molar-refractivity contribution in [1.82, 2.24) is 4.90 Å². The second-order valence-corrected chi connectivity index (χ2v) is 6.59. The van der Waals surface area contributed by atoms with Gasteiger partial charge < -0.3 is 4.74 Å². The van der Waals surface area contributed by atoms with E-state index in [9.17, 15) is 9.59 Å². The topological polar surface area (TPSA) is 46.6 Å². The van der Waals surface area contributed by atoms with Gasteiger partial charge in [-0.15, -0.1) is 0 Å². The highest BCUT2D eigenvalue weighted by atomic mass is 16.6. The summed E-state index contributed by atoms with van der Waals surface area (Å²) in [5, 5.41) is 0. The van der Waals surface area contributed by atoms with Crippen molar-refractivity contribution in [2.75, 3.05) is 0 Å². The fraction of sp³-hybridized carbons (Fsp3) is 0.130. The minimum atomic E-state index is -0.346. The first-order valence-electron chi connectivity index (χ1n) is 8.86. The van der Waals surface area contributed by atoms with E-state index < -0.39 is 0 Å². The number of fused-ring (bicyclic) bond motifs is 1. The Morgan fingerprint density at radius 3 is 2.37 bits per heavy atom. The first kappa shape index (κ1) is 17.0. The normalized spacial score (nSPS) is 12.5. The van der Waals surface area contributed by atoms with Gasteiger partial charge in [-0.1, -0.05) is 60.7 Å². The number of amides is 1. The third-order valence-electron chi connectivity index (χ3n) is 4.76. The van der Waals surface area contributed by atoms with Crippen LogP contribution in [0.4, 0.5) is 4.79 Å². The van der Waals surface area contributed by atoms with Crippen LogP contribution in [0.15, 0.2) is 72.8 Å². The van der Waals surface area contributed by atoms with Crippen LogP contribution in [-0.2, 0) is 24.4 Å². The smallest absolute Gasteiger partial charge is 0.410 e. The van der Waals surface area contributed by atoms with Crippen LogP contribution in [0.3, 0.4) is 0 Å². The van der Waals surface area contributed by atoms with Crippen molar-refractivity contribution in [1.29, 1.82) is 0 Å². The van der Waals surface area contributed by atoms with Gasteiger partial charge in [0.15, 0.2) is 0 Å². The lowest BCUT2D eigenvalue weighted by Crippen LogP contribution is -2.26. The van der Waals surface area contributed by atoms with Crippen molar-refractivity contribution in [3.8, 4) is 11.1 Å². The Morgan fingerprint density at radius 1 is 0.963 bits per heavy atom. The van der Waals surface area contributed by atoms with Crippen molar-refractivity contribution in [2.24, 2.45) is 0 Å². The largest absolute Gasteiger partial charge is 0.445 e. The van der Waals surface area contributed by atoms with Crippen molar-refractivity contribution >= 4 is 12.4 Å². The SMILES string of the molecule is O=Cc1cc2c(c(-c3ccccc3)c1)CN(C(=O)OCc1ccccc1)C2. The lowest BCUT2D eigenvalue weighted by molar-refractivity contribution is 0.0955. The van der Waals surface area contributed by atoms with E-state index in [2.05, 4.69) is 0 Å². The summed E-state index contributed by atoms with van der Waals surface area (Å²) in [6, 6.07) is 23.3. The molecular weight excluding hydrogens is 338 g/mol. The lowest BCUT2D eigenvalue weighted by atomic mass is 9.95. The van der Waals surface area contributed by atoms with Gasteiger partial charge in [-0.25, -0.2) is 4.79 Å². The molecule has 27 heavy (non-hydrogen) atoms. The highest BCUT2D eigenvalue weighted by Crippen LogP contribution is 2.34. The average molecular weight is 357 g/mol.